The van der Waals surface area contributed by atoms with Gasteiger partial charge in [-0.3, -0.25) is 4.79 Å². The molecule has 3 nitrogen and oxygen atoms in total. The third-order valence-corrected chi connectivity index (χ3v) is 3.09. The second kappa shape index (κ2) is 5.87. The molecule has 0 aromatic heterocycles. The highest BCUT2D eigenvalue weighted by molar-refractivity contribution is 9.10. The summed E-state index contributed by atoms with van der Waals surface area (Å²) in [5.74, 6) is -0.298. The molecule has 6 heteroatoms. The molecule has 0 aliphatic rings. The topological polar surface area (TPSA) is 55.1 Å². The lowest BCUT2D eigenvalue weighted by Gasteiger charge is -2.13. The summed E-state index contributed by atoms with van der Waals surface area (Å²) in [7, 11) is 0. The largest absolute Gasteiger partial charge is 0.322 e. The number of benzene rings is 1. The average Bonchev–Trinajstić information content (AvgIpc) is 2.21. The molecule has 0 fully saturated rings. The van der Waals surface area contributed by atoms with Gasteiger partial charge in [0.05, 0.1) is 21.8 Å². The average molecular weight is 326 g/mol. The first kappa shape index (κ1) is 13.8. The van der Waals surface area contributed by atoms with E-state index in [0.717, 1.165) is 4.47 Å². The zero-order valence-corrected chi connectivity index (χ0v) is 11.7. The Labute approximate surface area is 112 Å². The third-order valence-electron chi connectivity index (χ3n) is 2.03. The molecule has 3 N–H and O–H groups in total. The molecule has 0 spiro atoms. The number of hydrogen-bond donors (Lipinski definition) is 2. The van der Waals surface area contributed by atoms with E-state index < -0.39 is 6.04 Å². The molecule has 0 saturated heterocycles. The van der Waals surface area contributed by atoms with Crippen LogP contribution in [0.5, 0.6) is 0 Å². The number of nitrogens with one attached hydrogen (secondary N) is 1. The Morgan fingerprint density at radius 3 is 2.44 bits per heavy atom. The predicted octanol–water partition coefficient (Wildman–Crippen LogP) is 3.43. The van der Waals surface area contributed by atoms with E-state index in [2.05, 4.69) is 21.2 Å². The zero-order chi connectivity index (χ0) is 12.3. The SMILES string of the molecule is CCC(N)C(=O)Nc1c(Cl)cc(Br)cc1Cl. The number of rotatable bonds is 3. The molecule has 0 aliphatic carbocycles. The Morgan fingerprint density at radius 2 is 2.00 bits per heavy atom. The summed E-state index contributed by atoms with van der Waals surface area (Å²) in [5.41, 5.74) is 5.98. The van der Waals surface area contributed by atoms with Crippen molar-refractivity contribution in [1.29, 1.82) is 0 Å². The first-order valence-corrected chi connectivity index (χ1v) is 6.21. The van der Waals surface area contributed by atoms with Gasteiger partial charge in [0, 0.05) is 4.47 Å². The quantitative estimate of drug-likeness (QED) is 0.894. The van der Waals surface area contributed by atoms with Gasteiger partial charge in [-0.05, 0) is 18.6 Å². The fraction of sp³-hybridized carbons (Fsp3) is 0.300. The van der Waals surface area contributed by atoms with Crippen LogP contribution in [-0.4, -0.2) is 11.9 Å². The standard InChI is InChI=1S/C10H11BrCl2N2O/c1-2-8(14)10(16)15-9-6(12)3-5(11)4-7(9)13/h3-4,8H,2,14H2,1H3,(H,15,16). The van der Waals surface area contributed by atoms with E-state index in [1.807, 2.05) is 6.92 Å². The first-order valence-electron chi connectivity index (χ1n) is 4.66. The molecule has 88 valence electrons. The Morgan fingerprint density at radius 1 is 1.50 bits per heavy atom. The molecule has 0 saturated carbocycles. The maximum atomic E-state index is 11.6. The first-order chi connectivity index (χ1) is 7.45. The van der Waals surface area contributed by atoms with Gasteiger partial charge in [0.25, 0.3) is 0 Å². The second-order valence-corrected chi connectivity index (χ2v) is 4.98. The van der Waals surface area contributed by atoms with Gasteiger partial charge in [0.2, 0.25) is 5.91 Å². The van der Waals surface area contributed by atoms with Gasteiger partial charge in [-0.1, -0.05) is 46.1 Å². The van der Waals surface area contributed by atoms with E-state index in [1.54, 1.807) is 12.1 Å². The number of carbonyl (C=O) groups is 1. The number of carbonyl (C=O) groups excluding carboxylic acids is 1. The molecule has 1 amide bonds. The van der Waals surface area contributed by atoms with Gasteiger partial charge in [0.15, 0.2) is 0 Å². The third kappa shape index (κ3) is 3.35. The fourth-order valence-corrected chi connectivity index (χ4v) is 2.37. The lowest BCUT2D eigenvalue weighted by molar-refractivity contribution is -0.117. The number of amides is 1. The highest BCUT2D eigenvalue weighted by atomic mass is 79.9. The Balaban J connectivity index is 2.93. The zero-order valence-electron chi connectivity index (χ0n) is 8.56. The molecule has 1 aromatic rings. The summed E-state index contributed by atoms with van der Waals surface area (Å²) in [4.78, 5) is 11.6. The van der Waals surface area contributed by atoms with E-state index in [-0.39, 0.29) is 5.91 Å². The number of nitrogens with two attached hydrogens (primary N) is 1. The maximum absolute atomic E-state index is 11.6. The van der Waals surface area contributed by atoms with Crippen LogP contribution in [0.4, 0.5) is 5.69 Å². The van der Waals surface area contributed by atoms with Gasteiger partial charge >= 0.3 is 0 Å². The molecular weight excluding hydrogens is 315 g/mol. The van der Waals surface area contributed by atoms with Gasteiger partial charge in [-0.25, -0.2) is 0 Å². The minimum atomic E-state index is -0.559. The molecule has 0 radical (unpaired) electrons. The van der Waals surface area contributed by atoms with E-state index in [4.69, 9.17) is 28.9 Å². The molecule has 0 heterocycles. The van der Waals surface area contributed by atoms with Crippen LogP contribution in [0.15, 0.2) is 16.6 Å². The fourth-order valence-electron chi connectivity index (χ4n) is 1.06. The van der Waals surface area contributed by atoms with Crippen LogP contribution in [0.25, 0.3) is 0 Å². The van der Waals surface area contributed by atoms with E-state index in [0.29, 0.717) is 22.2 Å². The number of halogens is 3. The number of hydrogen-bond acceptors (Lipinski definition) is 2. The second-order valence-electron chi connectivity index (χ2n) is 3.25. The van der Waals surface area contributed by atoms with Crippen molar-refractivity contribution >= 4 is 50.7 Å². The van der Waals surface area contributed by atoms with Crippen molar-refractivity contribution in [2.24, 2.45) is 5.73 Å². The lowest BCUT2D eigenvalue weighted by atomic mass is 10.2. The monoisotopic (exact) mass is 324 g/mol. The van der Waals surface area contributed by atoms with E-state index >= 15 is 0 Å². The summed E-state index contributed by atoms with van der Waals surface area (Å²) >= 11 is 15.2. The van der Waals surface area contributed by atoms with Crippen molar-refractivity contribution in [2.45, 2.75) is 19.4 Å². The molecule has 1 rings (SSSR count). The Kier molecular flexibility index (Phi) is 5.05. The summed E-state index contributed by atoms with van der Waals surface area (Å²) in [6, 6.07) is 2.75. The van der Waals surface area contributed by atoms with Gasteiger partial charge < -0.3 is 11.1 Å². The van der Waals surface area contributed by atoms with Crippen LogP contribution in [-0.2, 0) is 4.79 Å². The van der Waals surface area contributed by atoms with Crippen LogP contribution in [0.1, 0.15) is 13.3 Å². The normalized spacial score (nSPS) is 12.3. The van der Waals surface area contributed by atoms with Crippen molar-refractivity contribution in [1.82, 2.24) is 0 Å². The molecule has 16 heavy (non-hydrogen) atoms. The van der Waals surface area contributed by atoms with Crippen LogP contribution in [0.2, 0.25) is 10.0 Å². The minimum absolute atomic E-state index is 0.298. The summed E-state index contributed by atoms with van der Waals surface area (Å²) < 4.78 is 0.750. The number of anilines is 1. The summed E-state index contributed by atoms with van der Waals surface area (Å²) in [6.07, 6.45) is 0.553. The van der Waals surface area contributed by atoms with Crippen LogP contribution in [0, 0.1) is 0 Å². The van der Waals surface area contributed by atoms with E-state index in [1.165, 1.54) is 0 Å². The van der Waals surface area contributed by atoms with Crippen LogP contribution < -0.4 is 11.1 Å². The summed E-state index contributed by atoms with van der Waals surface area (Å²) in [6.45, 7) is 1.83. The predicted molar refractivity (Wildman–Crippen MR) is 71.1 cm³/mol. The Hall–Kier alpha value is -0.290. The molecule has 1 aromatic carbocycles. The van der Waals surface area contributed by atoms with Crippen molar-refractivity contribution in [3.8, 4) is 0 Å². The van der Waals surface area contributed by atoms with Crippen molar-refractivity contribution in [3.63, 3.8) is 0 Å². The molecule has 1 unspecified atom stereocenters. The molecule has 0 bridgehead atoms. The van der Waals surface area contributed by atoms with Gasteiger partial charge in [0.1, 0.15) is 0 Å². The minimum Gasteiger partial charge on any atom is -0.322 e. The maximum Gasteiger partial charge on any atom is 0.241 e. The lowest BCUT2D eigenvalue weighted by Crippen LogP contribution is -2.34. The van der Waals surface area contributed by atoms with Crippen molar-refractivity contribution in [2.75, 3.05) is 5.32 Å². The van der Waals surface area contributed by atoms with Crippen molar-refractivity contribution < 1.29 is 4.79 Å². The Bertz CT molecular complexity index is 389. The highest BCUT2D eigenvalue weighted by Crippen LogP contribution is 2.33. The smallest absolute Gasteiger partial charge is 0.241 e. The summed E-state index contributed by atoms with van der Waals surface area (Å²) in [5, 5.41) is 3.35. The molecular formula is C10H11BrCl2N2O. The molecule has 0 aliphatic heterocycles. The van der Waals surface area contributed by atoms with Gasteiger partial charge in [-0.2, -0.15) is 0 Å². The van der Waals surface area contributed by atoms with Crippen LogP contribution >= 0.6 is 39.1 Å². The molecule has 1 atom stereocenters. The van der Waals surface area contributed by atoms with Crippen LogP contribution in [0.3, 0.4) is 0 Å². The van der Waals surface area contributed by atoms with Gasteiger partial charge in [-0.15, -0.1) is 0 Å². The van der Waals surface area contributed by atoms with Crippen molar-refractivity contribution in [3.05, 3.63) is 26.7 Å². The highest BCUT2D eigenvalue weighted by Gasteiger charge is 2.15. The van der Waals surface area contributed by atoms with E-state index in [9.17, 15) is 4.79 Å².